The van der Waals surface area contributed by atoms with Crippen LogP contribution in [0.1, 0.15) is 32.6 Å². The number of hydrogen-bond acceptors (Lipinski definition) is 2. The fourth-order valence-corrected chi connectivity index (χ4v) is 2.83. The Morgan fingerprint density at radius 1 is 1.53 bits per heavy atom. The molecule has 1 aliphatic rings. The van der Waals surface area contributed by atoms with Crippen molar-refractivity contribution in [3.63, 3.8) is 0 Å². The van der Waals surface area contributed by atoms with Crippen molar-refractivity contribution in [3.05, 3.63) is 29.3 Å². The molecule has 0 aliphatic heterocycles. The summed E-state index contributed by atoms with van der Waals surface area (Å²) in [7, 11) is 0. The van der Waals surface area contributed by atoms with Crippen LogP contribution in [-0.2, 0) is 0 Å². The zero-order valence-corrected chi connectivity index (χ0v) is 10.8. The van der Waals surface area contributed by atoms with Gasteiger partial charge in [0.05, 0.1) is 6.07 Å². The van der Waals surface area contributed by atoms with Gasteiger partial charge in [-0.3, -0.25) is 0 Å². The molecule has 0 radical (unpaired) electrons. The summed E-state index contributed by atoms with van der Waals surface area (Å²) in [6, 6.07) is 10.0. The largest absolute Gasteiger partial charge is 0.367 e. The number of nitrogens with one attached hydrogen (secondary N) is 1. The lowest BCUT2D eigenvalue weighted by Gasteiger charge is -2.35. The molecule has 17 heavy (non-hydrogen) atoms. The van der Waals surface area contributed by atoms with Gasteiger partial charge in [-0.05, 0) is 43.4 Å². The van der Waals surface area contributed by atoms with Gasteiger partial charge < -0.3 is 5.32 Å². The van der Waals surface area contributed by atoms with Crippen molar-refractivity contribution < 1.29 is 0 Å². The summed E-state index contributed by atoms with van der Waals surface area (Å²) in [6.07, 6.45) is 4.17. The third kappa shape index (κ3) is 2.92. The Labute approximate surface area is 108 Å². The molecular weight excluding hydrogens is 232 g/mol. The summed E-state index contributed by atoms with van der Waals surface area (Å²) in [4.78, 5) is 0. The zero-order valence-electron chi connectivity index (χ0n) is 10.0. The van der Waals surface area contributed by atoms with Crippen LogP contribution in [0.5, 0.6) is 0 Å². The number of anilines is 1. The highest BCUT2D eigenvalue weighted by molar-refractivity contribution is 6.30. The van der Waals surface area contributed by atoms with Crippen LogP contribution in [0.25, 0.3) is 0 Å². The minimum Gasteiger partial charge on any atom is -0.367 e. The van der Waals surface area contributed by atoms with Crippen LogP contribution in [0.3, 0.4) is 0 Å². The molecule has 0 amide bonds. The van der Waals surface area contributed by atoms with Crippen LogP contribution in [-0.4, -0.2) is 5.54 Å². The summed E-state index contributed by atoms with van der Waals surface area (Å²) >= 11 is 5.96. The van der Waals surface area contributed by atoms with E-state index in [4.69, 9.17) is 11.6 Å². The quantitative estimate of drug-likeness (QED) is 0.850. The van der Waals surface area contributed by atoms with E-state index in [0.29, 0.717) is 10.9 Å². The molecule has 2 atom stereocenters. The lowest BCUT2D eigenvalue weighted by molar-refractivity contribution is 0.308. The fraction of sp³-hybridized carbons (Fsp3) is 0.500. The third-order valence-corrected chi connectivity index (χ3v) is 3.65. The fourth-order valence-electron chi connectivity index (χ4n) is 2.64. The van der Waals surface area contributed by atoms with Crippen LogP contribution in [0.4, 0.5) is 5.69 Å². The van der Waals surface area contributed by atoms with E-state index in [1.54, 1.807) is 0 Å². The Balaban J connectivity index is 2.17. The van der Waals surface area contributed by atoms with Gasteiger partial charge >= 0.3 is 0 Å². The van der Waals surface area contributed by atoms with Crippen molar-refractivity contribution in [2.24, 2.45) is 5.92 Å². The van der Waals surface area contributed by atoms with Gasteiger partial charge in [0, 0.05) is 10.7 Å². The predicted molar refractivity (Wildman–Crippen MR) is 71.1 cm³/mol. The van der Waals surface area contributed by atoms with E-state index in [1.165, 1.54) is 6.42 Å². The molecule has 0 saturated heterocycles. The summed E-state index contributed by atoms with van der Waals surface area (Å²) in [5.41, 5.74) is 0.524. The lowest BCUT2D eigenvalue weighted by atomic mass is 9.77. The molecule has 0 bridgehead atoms. The van der Waals surface area contributed by atoms with Crippen molar-refractivity contribution in [3.8, 4) is 6.07 Å². The maximum atomic E-state index is 9.44. The van der Waals surface area contributed by atoms with Crippen molar-refractivity contribution in [2.45, 2.75) is 38.1 Å². The Morgan fingerprint density at radius 3 is 3.00 bits per heavy atom. The van der Waals surface area contributed by atoms with E-state index in [2.05, 4.69) is 18.3 Å². The summed E-state index contributed by atoms with van der Waals surface area (Å²) in [6.45, 7) is 2.21. The SMILES string of the molecule is CC1CCCC(C#N)(Nc2cccc(Cl)c2)C1. The number of hydrogen-bond donors (Lipinski definition) is 1. The molecule has 1 fully saturated rings. The molecule has 1 aromatic carbocycles. The molecule has 90 valence electrons. The molecule has 2 unspecified atom stereocenters. The minimum atomic E-state index is -0.414. The predicted octanol–water partition coefficient (Wildman–Crippen LogP) is 4.22. The highest BCUT2D eigenvalue weighted by Gasteiger charge is 2.34. The Kier molecular flexibility index (Phi) is 3.59. The molecule has 1 aromatic rings. The maximum Gasteiger partial charge on any atom is 0.125 e. The molecule has 1 N–H and O–H groups in total. The van der Waals surface area contributed by atoms with Crippen molar-refractivity contribution >= 4 is 17.3 Å². The first-order chi connectivity index (χ1) is 8.13. The van der Waals surface area contributed by atoms with Crippen LogP contribution >= 0.6 is 11.6 Å². The highest BCUT2D eigenvalue weighted by atomic mass is 35.5. The van der Waals surface area contributed by atoms with Gasteiger partial charge in [0.25, 0.3) is 0 Å². The second-order valence-corrected chi connectivity index (χ2v) is 5.47. The van der Waals surface area contributed by atoms with Crippen LogP contribution in [0.2, 0.25) is 5.02 Å². The smallest absolute Gasteiger partial charge is 0.125 e. The molecule has 1 aliphatic carbocycles. The first-order valence-electron chi connectivity index (χ1n) is 6.08. The molecule has 0 aromatic heterocycles. The standard InChI is InChI=1S/C14H17ClN2/c1-11-4-3-7-14(9-11,10-16)17-13-6-2-5-12(15)8-13/h2,5-6,8,11,17H,3-4,7,9H2,1H3. The first-order valence-corrected chi connectivity index (χ1v) is 6.46. The van der Waals surface area contributed by atoms with Crippen molar-refractivity contribution in [1.29, 1.82) is 5.26 Å². The van der Waals surface area contributed by atoms with E-state index < -0.39 is 5.54 Å². The second-order valence-electron chi connectivity index (χ2n) is 5.03. The Hall–Kier alpha value is -1.20. The van der Waals surface area contributed by atoms with Gasteiger partial charge in [-0.25, -0.2) is 0 Å². The molecule has 0 spiro atoms. The van der Waals surface area contributed by atoms with Crippen LogP contribution < -0.4 is 5.32 Å². The highest BCUT2D eigenvalue weighted by Crippen LogP contribution is 2.34. The van der Waals surface area contributed by atoms with Gasteiger partial charge in [0.2, 0.25) is 0 Å². The minimum absolute atomic E-state index is 0.414. The summed E-state index contributed by atoms with van der Waals surface area (Å²) in [5, 5.41) is 13.5. The molecule has 2 rings (SSSR count). The van der Waals surface area contributed by atoms with Crippen molar-refractivity contribution in [2.75, 3.05) is 5.32 Å². The molecule has 1 saturated carbocycles. The van der Waals surface area contributed by atoms with E-state index >= 15 is 0 Å². The van der Waals surface area contributed by atoms with Gasteiger partial charge in [-0.2, -0.15) is 5.26 Å². The number of nitrogens with zero attached hydrogens (tertiary/aromatic N) is 1. The van der Waals surface area contributed by atoms with Gasteiger partial charge in [0.15, 0.2) is 0 Å². The average Bonchev–Trinajstić information content (AvgIpc) is 2.29. The zero-order chi connectivity index (χ0) is 12.3. The lowest BCUT2D eigenvalue weighted by Crippen LogP contribution is -2.41. The number of benzene rings is 1. The van der Waals surface area contributed by atoms with Crippen molar-refractivity contribution in [1.82, 2.24) is 0 Å². The molecular formula is C14H17ClN2. The second kappa shape index (κ2) is 4.98. The van der Waals surface area contributed by atoms with E-state index in [-0.39, 0.29) is 0 Å². The van der Waals surface area contributed by atoms with E-state index in [0.717, 1.165) is 24.9 Å². The molecule has 2 nitrogen and oxygen atoms in total. The topological polar surface area (TPSA) is 35.8 Å². The summed E-state index contributed by atoms with van der Waals surface area (Å²) < 4.78 is 0. The number of nitriles is 1. The van der Waals surface area contributed by atoms with Gasteiger partial charge in [-0.15, -0.1) is 0 Å². The molecule has 0 heterocycles. The Bertz CT molecular complexity index is 438. The van der Waals surface area contributed by atoms with E-state index in [9.17, 15) is 5.26 Å². The van der Waals surface area contributed by atoms with Gasteiger partial charge in [0.1, 0.15) is 5.54 Å². The van der Waals surface area contributed by atoms with E-state index in [1.807, 2.05) is 24.3 Å². The normalized spacial score (nSPS) is 28.4. The summed E-state index contributed by atoms with van der Waals surface area (Å²) in [5.74, 6) is 0.607. The third-order valence-electron chi connectivity index (χ3n) is 3.42. The van der Waals surface area contributed by atoms with Crippen LogP contribution in [0, 0.1) is 17.2 Å². The number of rotatable bonds is 2. The monoisotopic (exact) mass is 248 g/mol. The molecule has 3 heteroatoms. The average molecular weight is 249 g/mol. The maximum absolute atomic E-state index is 9.44. The first kappa shape index (κ1) is 12.3. The van der Waals surface area contributed by atoms with Crippen LogP contribution in [0.15, 0.2) is 24.3 Å². The Morgan fingerprint density at radius 2 is 2.35 bits per heavy atom. The van der Waals surface area contributed by atoms with Gasteiger partial charge in [-0.1, -0.05) is 31.0 Å². The number of halogens is 1.